The average Bonchev–Trinajstić information content (AvgIpc) is 2.90. The molecule has 0 saturated heterocycles. The molecule has 3 aromatic rings. The van der Waals surface area contributed by atoms with Crippen LogP contribution >= 0.6 is 23.4 Å². The first-order valence-corrected chi connectivity index (χ1v) is 10.5. The van der Waals surface area contributed by atoms with Crippen molar-refractivity contribution in [1.29, 1.82) is 0 Å². The second-order valence-electron chi connectivity index (χ2n) is 6.29. The maximum Gasteiger partial charge on any atom is 0.234 e. The summed E-state index contributed by atoms with van der Waals surface area (Å²) in [5.41, 5.74) is 2.51. The minimum atomic E-state index is -0.156. The number of aromatic nitrogens is 2. The Kier molecular flexibility index (Phi) is 5.64. The fraction of sp³-hybridized carbons (Fsp3) is 0.300. The number of fused-ring (bicyclic) bond motifs is 2. The normalized spacial score (nSPS) is 13.4. The molecular weight excluding hydrogens is 398 g/mol. The molecule has 1 aliphatic heterocycles. The number of amides is 1. The maximum atomic E-state index is 12.5. The van der Waals surface area contributed by atoms with Crippen LogP contribution in [0.5, 0.6) is 11.5 Å². The van der Waals surface area contributed by atoms with Crippen LogP contribution in [0.4, 0.5) is 5.69 Å². The van der Waals surface area contributed by atoms with Gasteiger partial charge in [0.15, 0.2) is 16.7 Å². The predicted octanol–water partition coefficient (Wildman–Crippen LogP) is 4.60. The van der Waals surface area contributed by atoms with Gasteiger partial charge in [-0.05, 0) is 19.1 Å². The van der Waals surface area contributed by atoms with Crippen LogP contribution in [-0.2, 0) is 11.3 Å². The molecule has 146 valence electrons. The largest absolute Gasteiger partial charge is 0.490 e. The number of imidazole rings is 1. The molecule has 0 unspecified atom stereocenters. The van der Waals surface area contributed by atoms with Gasteiger partial charge in [0.25, 0.3) is 0 Å². The van der Waals surface area contributed by atoms with Crippen molar-refractivity contribution >= 4 is 46.0 Å². The fourth-order valence-electron chi connectivity index (χ4n) is 3.07. The SMILES string of the molecule is CCn1c(SCC(=O)Nc2cc3c(cc2Cl)OCCCO3)nc2ccccc21. The smallest absolute Gasteiger partial charge is 0.234 e. The monoisotopic (exact) mass is 417 g/mol. The van der Waals surface area contributed by atoms with E-state index in [1.54, 1.807) is 12.1 Å². The van der Waals surface area contributed by atoms with Crippen molar-refractivity contribution in [2.75, 3.05) is 24.3 Å². The standard InChI is InChI=1S/C20H20ClN3O3S/c1-2-24-16-7-4-3-6-14(16)23-20(24)28-12-19(25)22-15-11-18-17(10-13(15)21)26-8-5-9-27-18/h3-4,6-7,10-11H,2,5,8-9,12H2,1H3,(H,22,25). The molecule has 0 atom stereocenters. The van der Waals surface area contributed by atoms with E-state index in [9.17, 15) is 4.79 Å². The van der Waals surface area contributed by atoms with Gasteiger partial charge in [0.1, 0.15) is 0 Å². The number of carbonyl (C=O) groups excluding carboxylic acids is 1. The Labute approximate surface area is 172 Å². The first kappa shape index (κ1) is 19.0. The molecule has 0 radical (unpaired) electrons. The number of rotatable bonds is 5. The second-order valence-corrected chi connectivity index (χ2v) is 7.64. The Bertz CT molecular complexity index is 1020. The lowest BCUT2D eigenvalue weighted by Gasteiger charge is -2.12. The fourth-order valence-corrected chi connectivity index (χ4v) is 4.14. The van der Waals surface area contributed by atoms with E-state index in [2.05, 4.69) is 21.8 Å². The molecule has 1 aliphatic rings. The van der Waals surface area contributed by atoms with Gasteiger partial charge in [0.2, 0.25) is 5.91 Å². The average molecular weight is 418 g/mol. The van der Waals surface area contributed by atoms with Crippen molar-refractivity contribution in [3.63, 3.8) is 0 Å². The van der Waals surface area contributed by atoms with Gasteiger partial charge in [-0.25, -0.2) is 4.98 Å². The highest BCUT2D eigenvalue weighted by Crippen LogP contribution is 2.37. The summed E-state index contributed by atoms with van der Waals surface area (Å²) >= 11 is 7.71. The van der Waals surface area contributed by atoms with Crippen molar-refractivity contribution in [3.8, 4) is 11.5 Å². The molecule has 28 heavy (non-hydrogen) atoms. The molecule has 0 saturated carbocycles. The van der Waals surface area contributed by atoms with Crippen molar-refractivity contribution < 1.29 is 14.3 Å². The van der Waals surface area contributed by atoms with Gasteiger partial charge in [0.05, 0.1) is 40.7 Å². The number of carbonyl (C=O) groups is 1. The van der Waals surface area contributed by atoms with Gasteiger partial charge < -0.3 is 19.4 Å². The molecule has 6 nitrogen and oxygen atoms in total. The molecule has 1 aromatic heterocycles. The summed E-state index contributed by atoms with van der Waals surface area (Å²) in [7, 11) is 0. The van der Waals surface area contributed by atoms with Crippen LogP contribution in [0.3, 0.4) is 0 Å². The van der Waals surface area contributed by atoms with E-state index >= 15 is 0 Å². The van der Waals surface area contributed by atoms with Crippen molar-refractivity contribution in [2.45, 2.75) is 25.0 Å². The number of hydrogen-bond acceptors (Lipinski definition) is 5. The number of nitrogens with zero attached hydrogens (tertiary/aromatic N) is 2. The van der Waals surface area contributed by atoms with Gasteiger partial charge in [-0.1, -0.05) is 35.5 Å². The molecule has 2 aromatic carbocycles. The molecule has 4 rings (SSSR count). The van der Waals surface area contributed by atoms with Crippen molar-refractivity contribution in [3.05, 3.63) is 41.4 Å². The molecular formula is C20H20ClN3O3S. The van der Waals surface area contributed by atoms with E-state index < -0.39 is 0 Å². The minimum absolute atomic E-state index is 0.156. The number of aryl methyl sites for hydroxylation is 1. The Morgan fingerprint density at radius 1 is 1.25 bits per heavy atom. The van der Waals surface area contributed by atoms with Crippen molar-refractivity contribution in [2.24, 2.45) is 0 Å². The second kappa shape index (κ2) is 8.32. The van der Waals surface area contributed by atoms with Crippen LogP contribution in [0.15, 0.2) is 41.6 Å². The van der Waals surface area contributed by atoms with Crippen LogP contribution in [0.1, 0.15) is 13.3 Å². The van der Waals surface area contributed by atoms with Gasteiger partial charge in [0, 0.05) is 25.1 Å². The molecule has 1 amide bonds. The highest BCUT2D eigenvalue weighted by molar-refractivity contribution is 7.99. The number of halogens is 1. The van der Waals surface area contributed by atoms with Crippen LogP contribution < -0.4 is 14.8 Å². The third-order valence-electron chi connectivity index (χ3n) is 4.38. The molecule has 0 aliphatic carbocycles. The number of benzene rings is 2. The van der Waals surface area contributed by atoms with Gasteiger partial charge in [-0.2, -0.15) is 0 Å². The summed E-state index contributed by atoms with van der Waals surface area (Å²) in [5.74, 6) is 1.27. The Morgan fingerprint density at radius 2 is 2.00 bits per heavy atom. The lowest BCUT2D eigenvalue weighted by molar-refractivity contribution is -0.113. The Hall–Kier alpha value is -2.38. The third kappa shape index (κ3) is 3.91. The predicted molar refractivity (Wildman–Crippen MR) is 112 cm³/mol. The van der Waals surface area contributed by atoms with E-state index in [4.69, 9.17) is 21.1 Å². The summed E-state index contributed by atoms with van der Waals surface area (Å²) in [6, 6.07) is 11.4. The van der Waals surface area contributed by atoms with E-state index in [0.717, 1.165) is 29.2 Å². The molecule has 0 bridgehead atoms. The summed E-state index contributed by atoms with van der Waals surface area (Å²) < 4.78 is 13.4. The van der Waals surface area contributed by atoms with Gasteiger partial charge in [-0.3, -0.25) is 4.79 Å². The quantitative estimate of drug-likeness (QED) is 0.614. The summed E-state index contributed by atoms with van der Waals surface area (Å²) in [6.07, 6.45) is 0.809. The van der Waals surface area contributed by atoms with Gasteiger partial charge >= 0.3 is 0 Å². The van der Waals surface area contributed by atoms with Crippen LogP contribution in [0.2, 0.25) is 5.02 Å². The molecule has 0 spiro atoms. The lowest BCUT2D eigenvalue weighted by Crippen LogP contribution is -2.15. The Morgan fingerprint density at radius 3 is 2.79 bits per heavy atom. The Balaban J connectivity index is 1.46. The highest BCUT2D eigenvalue weighted by atomic mass is 35.5. The zero-order chi connectivity index (χ0) is 19.5. The third-order valence-corrected chi connectivity index (χ3v) is 5.67. The number of thioether (sulfide) groups is 1. The van der Waals surface area contributed by atoms with E-state index in [1.165, 1.54) is 11.8 Å². The first-order valence-electron chi connectivity index (χ1n) is 9.12. The zero-order valence-electron chi connectivity index (χ0n) is 15.4. The maximum absolute atomic E-state index is 12.5. The zero-order valence-corrected chi connectivity index (χ0v) is 17.0. The van der Waals surface area contributed by atoms with Crippen LogP contribution in [0.25, 0.3) is 11.0 Å². The van der Waals surface area contributed by atoms with E-state index in [-0.39, 0.29) is 11.7 Å². The number of ether oxygens (including phenoxy) is 2. The molecule has 0 fully saturated rings. The number of nitrogens with one attached hydrogen (secondary N) is 1. The van der Waals surface area contributed by atoms with E-state index in [0.29, 0.717) is 35.4 Å². The molecule has 8 heteroatoms. The lowest BCUT2D eigenvalue weighted by atomic mass is 10.2. The number of hydrogen-bond donors (Lipinski definition) is 1. The van der Waals surface area contributed by atoms with Gasteiger partial charge in [-0.15, -0.1) is 0 Å². The molecule has 2 heterocycles. The summed E-state index contributed by atoms with van der Waals surface area (Å²) in [4.78, 5) is 17.1. The van der Waals surface area contributed by atoms with Crippen LogP contribution in [-0.4, -0.2) is 34.4 Å². The first-order chi connectivity index (χ1) is 13.7. The topological polar surface area (TPSA) is 65.4 Å². The summed E-state index contributed by atoms with van der Waals surface area (Å²) in [5, 5.41) is 4.10. The summed E-state index contributed by atoms with van der Waals surface area (Å²) in [6.45, 7) is 4.02. The number of anilines is 1. The van der Waals surface area contributed by atoms with Crippen molar-refractivity contribution in [1.82, 2.24) is 9.55 Å². The molecule has 1 N–H and O–H groups in total. The minimum Gasteiger partial charge on any atom is -0.490 e. The van der Waals surface area contributed by atoms with Crippen LogP contribution in [0, 0.1) is 0 Å². The van der Waals surface area contributed by atoms with E-state index in [1.807, 2.05) is 24.3 Å². The number of para-hydroxylation sites is 2. The highest BCUT2D eigenvalue weighted by Gasteiger charge is 2.17.